The van der Waals surface area contributed by atoms with Gasteiger partial charge in [-0.2, -0.15) is 0 Å². The minimum Gasteiger partial charge on any atom is -0.497 e. The van der Waals surface area contributed by atoms with Gasteiger partial charge >= 0.3 is 6.01 Å². The number of hydrogen-bond donors (Lipinski definition) is 1. The molecule has 0 saturated carbocycles. The zero-order valence-electron chi connectivity index (χ0n) is 12.1. The van der Waals surface area contributed by atoms with Crippen LogP contribution < -0.4 is 15.0 Å². The van der Waals surface area contributed by atoms with Gasteiger partial charge in [-0.1, -0.05) is 18.1 Å². The Balaban J connectivity index is 2.06. The second kappa shape index (κ2) is 6.91. The van der Waals surface area contributed by atoms with Crippen LogP contribution in [0.1, 0.15) is 19.2 Å². The van der Waals surface area contributed by atoms with Gasteiger partial charge in [-0.15, -0.1) is 5.10 Å². The van der Waals surface area contributed by atoms with Gasteiger partial charge in [-0.3, -0.25) is 4.90 Å². The Hall–Kier alpha value is -2.08. The molecule has 0 aliphatic rings. The molecular weight excluding hydrogens is 256 g/mol. The van der Waals surface area contributed by atoms with Gasteiger partial charge < -0.3 is 14.5 Å². The maximum absolute atomic E-state index is 5.62. The Morgan fingerprint density at radius 1 is 1.35 bits per heavy atom. The number of methoxy groups -OCH3 is 1. The highest BCUT2D eigenvalue weighted by atomic mass is 16.5. The van der Waals surface area contributed by atoms with Gasteiger partial charge in [0.2, 0.25) is 5.89 Å². The predicted octanol–water partition coefficient (Wildman–Crippen LogP) is 2.35. The summed E-state index contributed by atoms with van der Waals surface area (Å²) in [6, 6.07) is 8.16. The molecule has 108 valence electrons. The smallest absolute Gasteiger partial charge is 0.322 e. The highest BCUT2D eigenvalue weighted by molar-refractivity contribution is 5.57. The zero-order chi connectivity index (χ0) is 14.4. The molecule has 0 aliphatic carbocycles. The SMILES string of the molecule is CCCNCc1nnc(N(C)c2cccc(OC)c2)o1. The summed E-state index contributed by atoms with van der Waals surface area (Å²) < 4.78 is 10.8. The zero-order valence-corrected chi connectivity index (χ0v) is 12.1. The fourth-order valence-electron chi connectivity index (χ4n) is 1.75. The Morgan fingerprint density at radius 2 is 2.20 bits per heavy atom. The quantitative estimate of drug-likeness (QED) is 0.783. The van der Waals surface area contributed by atoms with E-state index in [1.54, 1.807) is 7.11 Å². The molecule has 6 heteroatoms. The number of nitrogens with zero attached hydrogens (tertiary/aromatic N) is 3. The summed E-state index contributed by atoms with van der Waals surface area (Å²) in [7, 11) is 3.52. The van der Waals surface area contributed by atoms with Crippen molar-refractivity contribution in [2.75, 3.05) is 25.6 Å². The van der Waals surface area contributed by atoms with Crippen molar-refractivity contribution in [2.45, 2.75) is 19.9 Å². The highest BCUT2D eigenvalue weighted by Crippen LogP contribution is 2.25. The van der Waals surface area contributed by atoms with Crippen LogP contribution >= 0.6 is 0 Å². The van der Waals surface area contributed by atoms with Crippen LogP contribution in [0.4, 0.5) is 11.7 Å². The highest BCUT2D eigenvalue weighted by Gasteiger charge is 2.12. The molecule has 1 N–H and O–H groups in total. The van der Waals surface area contributed by atoms with Crippen LogP contribution in [0.5, 0.6) is 5.75 Å². The minimum atomic E-state index is 0.464. The average molecular weight is 276 g/mol. The number of hydrogen-bond acceptors (Lipinski definition) is 6. The van der Waals surface area contributed by atoms with Crippen LogP contribution in [0.15, 0.2) is 28.7 Å². The number of aromatic nitrogens is 2. The number of anilines is 2. The second-order valence-electron chi connectivity index (χ2n) is 4.42. The van der Waals surface area contributed by atoms with Crippen molar-refractivity contribution < 1.29 is 9.15 Å². The van der Waals surface area contributed by atoms with Crippen molar-refractivity contribution in [3.8, 4) is 5.75 Å². The molecule has 6 nitrogen and oxygen atoms in total. The molecule has 20 heavy (non-hydrogen) atoms. The molecule has 0 unspecified atom stereocenters. The summed E-state index contributed by atoms with van der Waals surface area (Å²) in [4.78, 5) is 1.83. The van der Waals surface area contributed by atoms with Gasteiger partial charge in [0.05, 0.1) is 13.7 Å². The Morgan fingerprint density at radius 3 is 2.95 bits per heavy atom. The molecule has 2 rings (SSSR count). The number of nitrogens with one attached hydrogen (secondary N) is 1. The third kappa shape index (κ3) is 3.48. The molecule has 0 saturated heterocycles. The lowest BCUT2D eigenvalue weighted by molar-refractivity contribution is 0.415. The van der Waals surface area contributed by atoms with E-state index < -0.39 is 0 Å². The molecule has 0 amide bonds. The van der Waals surface area contributed by atoms with Gasteiger partial charge in [0.15, 0.2) is 0 Å². The maximum Gasteiger partial charge on any atom is 0.322 e. The van der Waals surface area contributed by atoms with Gasteiger partial charge in [0.25, 0.3) is 0 Å². The van der Waals surface area contributed by atoms with Crippen molar-refractivity contribution in [1.29, 1.82) is 0 Å². The van der Waals surface area contributed by atoms with E-state index in [4.69, 9.17) is 9.15 Å². The summed E-state index contributed by atoms with van der Waals surface area (Å²) in [6.45, 7) is 3.64. The molecule has 0 spiro atoms. The lowest BCUT2D eigenvalue weighted by Crippen LogP contribution is -2.14. The van der Waals surface area contributed by atoms with E-state index in [0.29, 0.717) is 18.5 Å². The monoisotopic (exact) mass is 276 g/mol. The lowest BCUT2D eigenvalue weighted by atomic mass is 10.3. The van der Waals surface area contributed by atoms with E-state index in [1.807, 2.05) is 36.2 Å². The maximum atomic E-state index is 5.62. The van der Waals surface area contributed by atoms with Crippen molar-refractivity contribution in [1.82, 2.24) is 15.5 Å². The van der Waals surface area contributed by atoms with Crippen LogP contribution in [0.25, 0.3) is 0 Å². The first-order chi connectivity index (χ1) is 9.74. The van der Waals surface area contributed by atoms with Crippen LogP contribution in [0.2, 0.25) is 0 Å². The largest absolute Gasteiger partial charge is 0.497 e. The summed E-state index contributed by atoms with van der Waals surface area (Å²) in [5, 5.41) is 11.3. The first-order valence-corrected chi connectivity index (χ1v) is 6.65. The molecule has 0 bridgehead atoms. The number of benzene rings is 1. The van der Waals surface area contributed by atoms with E-state index in [-0.39, 0.29) is 0 Å². The van der Waals surface area contributed by atoms with Crippen LogP contribution in [0, 0.1) is 0 Å². The third-order valence-corrected chi connectivity index (χ3v) is 2.89. The first kappa shape index (κ1) is 14.3. The van der Waals surface area contributed by atoms with Crippen molar-refractivity contribution in [2.24, 2.45) is 0 Å². The van der Waals surface area contributed by atoms with Gasteiger partial charge in [-0.25, -0.2) is 0 Å². The topological polar surface area (TPSA) is 63.4 Å². The van der Waals surface area contributed by atoms with Gasteiger partial charge in [0, 0.05) is 18.8 Å². The Kier molecular flexibility index (Phi) is 4.95. The van der Waals surface area contributed by atoms with Crippen molar-refractivity contribution >= 4 is 11.7 Å². The van der Waals surface area contributed by atoms with E-state index in [2.05, 4.69) is 22.4 Å². The number of rotatable bonds is 7. The van der Waals surface area contributed by atoms with E-state index in [0.717, 1.165) is 24.4 Å². The molecule has 1 aromatic carbocycles. The first-order valence-electron chi connectivity index (χ1n) is 6.65. The third-order valence-electron chi connectivity index (χ3n) is 2.89. The van der Waals surface area contributed by atoms with Crippen molar-refractivity contribution in [3.05, 3.63) is 30.2 Å². The summed E-state index contributed by atoms with van der Waals surface area (Å²) in [5.41, 5.74) is 0.932. The molecule has 1 heterocycles. The van der Waals surface area contributed by atoms with E-state index >= 15 is 0 Å². The number of ether oxygens (including phenoxy) is 1. The fourth-order valence-corrected chi connectivity index (χ4v) is 1.75. The van der Waals surface area contributed by atoms with Gasteiger partial charge in [-0.05, 0) is 25.1 Å². The van der Waals surface area contributed by atoms with E-state index in [9.17, 15) is 0 Å². The minimum absolute atomic E-state index is 0.464. The average Bonchev–Trinajstić information content (AvgIpc) is 2.95. The fraction of sp³-hybridized carbons (Fsp3) is 0.429. The molecule has 0 fully saturated rings. The Labute approximate surface area is 118 Å². The van der Waals surface area contributed by atoms with Crippen LogP contribution in [-0.4, -0.2) is 30.9 Å². The molecule has 2 aromatic rings. The molecular formula is C14H20N4O2. The van der Waals surface area contributed by atoms with E-state index in [1.165, 1.54) is 0 Å². The normalized spacial score (nSPS) is 10.6. The lowest BCUT2D eigenvalue weighted by Gasteiger charge is -2.14. The molecule has 1 aromatic heterocycles. The van der Waals surface area contributed by atoms with Crippen LogP contribution in [-0.2, 0) is 6.54 Å². The predicted molar refractivity (Wildman–Crippen MR) is 77.4 cm³/mol. The molecule has 0 atom stereocenters. The van der Waals surface area contributed by atoms with Crippen molar-refractivity contribution in [3.63, 3.8) is 0 Å². The van der Waals surface area contributed by atoms with Gasteiger partial charge in [0.1, 0.15) is 5.75 Å². The van der Waals surface area contributed by atoms with Crippen LogP contribution in [0.3, 0.4) is 0 Å². The molecule has 0 aliphatic heterocycles. The molecule has 0 radical (unpaired) electrons. The second-order valence-corrected chi connectivity index (χ2v) is 4.42. The summed E-state index contributed by atoms with van der Waals surface area (Å²) >= 11 is 0. The summed E-state index contributed by atoms with van der Waals surface area (Å²) in [5.74, 6) is 1.38. The summed E-state index contributed by atoms with van der Waals surface area (Å²) in [6.07, 6.45) is 1.07. The Bertz CT molecular complexity index is 541. The standard InChI is InChI=1S/C14H20N4O2/c1-4-8-15-10-13-16-17-14(20-13)18(2)11-6-5-7-12(9-11)19-3/h5-7,9,15H,4,8,10H2,1-3H3.